The van der Waals surface area contributed by atoms with Crippen molar-refractivity contribution in [2.45, 2.75) is 20.0 Å². The number of nitrogens with one attached hydrogen (secondary N) is 1. The van der Waals surface area contributed by atoms with Crippen LogP contribution in [-0.4, -0.2) is 19.6 Å². The molecule has 0 bridgehead atoms. The van der Waals surface area contributed by atoms with Crippen LogP contribution in [0.5, 0.6) is 0 Å². The number of hydrogen-bond donors (Lipinski definition) is 1. The van der Waals surface area contributed by atoms with Crippen LogP contribution < -0.4 is 5.32 Å². The standard InChI is InChI=1S/C16H19N5/c1-13-15(11-20(2)19-13)8-17-16-9-18-21(12-16)10-14-6-4-3-5-7-14/h3-7,9,11-12,17H,8,10H2,1-2H3. The lowest BCUT2D eigenvalue weighted by atomic mass is 10.2. The Balaban J connectivity index is 1.61. The summed E-state index contributed by atoms with van der Waals surface area (Å²) in [5, 5.41) is 12.1. The van der Waals surface area contributed by atoms with E-state index in [0.29, 0.717) is 0 Å². The van der Waals surface area contributed by atoms with Crippen molar-refractivity contribution < 1.29 is 0 Å². The number of hydrogen-bond acceptors (Lipinski definition) is 3. The van der Waals surface area contributed by atoms with E-state index in [1.165, 1.54) is 11.1 Å². The molecule has 0 radical (unpaired) electrons. The number of anilines is 1. The fourth-order valence-electron chi connectivity index (χ4n) is 2.33. The first-order valence-corrected chi connectivity index (χ1v) is 7.00. The third-order valence-corrected chi connectivity index (χ3v) is 3.42. The molecule has 0 aliphatic heterocycles. The highest BCUT2D eigenvalue weighted by Gasteiger charge is 2.04. The van der Waals surface area contributed by atoms with Crippen molar-refractivity contribution in [3.05, 3.63) is 65.7 Å². The van der Waals surface area contributed by atoms with Crippen LogP contribution in [0, 0.1) is 6.92 Å². The number of rotatable bonds is 5. The van der Waals surface area contributed by atoms with Crippen LogP contribution in [0.15, 0.2) is 48.9 Å². The van der Waals surface area contributed by atoms with Gasteiger partial charge in [-0.25, -0.2) is 0 Å². The molecular formula is C16H19N5. The average molecular weight is 281 g/mol. The number of aromatic nitrogens is 4. The van der Waals surface area contributed by atoms with E-state index in [2.05, 4.69) is 27.6 Å². The highest BCUT2D eigenvalue weighted by molar-refractivity contribution is 5.39. The Bertz CT molecular complexity index is 711. The molecule has 0 spiro atoms. The maximum absolute atomic E-state index is 4.38. The third kappa shape index (κ3) is 3.31. The molecule has 0 amide bonds. The summed E-state index contributed by atoms with van der Waals surface area (Å²) in [6, 6.07) is 10.3. The van der Waals surface area contributed by atoms with E-state index in [-0.39, 0.29) is 0 Å². The van der Waals surface area contributed by atoms with E-state index in [1.54, 1.807) is 0 Å². The molecule has 0 unspecified atom stereocenters. The molecule has 0 saturated heterocycles. The van der Waals surface area contributed by atoms with Crippen LogP contribution in [-0.2, 0) is 20.1 Å². The van der Waals surface area contributed by atoms with Crippen LogP contribution in [0.4, 0.5) is 5.69 Å². The second-order valence-electron chi connectivity index (χ2n) is 5.18. The maximum Gasteiger partial charge on any atom is 0.0729 e. The zero-order valence-electron chi connectivity index (χ0n) is 12.3. The molecule has 0 aliphatic carbocycles. The quantitative estimate of drug-likeness (QED) is 0.782. The predicted octanol–water partition coefficient (Wildman–Crippen LogP) is 2.59. The average Bonchev–Trinajstić information content (AvgIpc) is 3.04. The zero-order valence-corrected chi connectivity index (χ0v) is 12.3. The second-order valence-corrected chi connectivity index (χ2v) is 5.18. The van der Waals surface area contributed by atoms with Crippen LogP contribution in [0.2, 0.25) is 0 Å². The minimum absolute atomic E-state index is 0.761. The van der Waals surface area contributed by atoms with Crippen molar-refractivity contribution in [1.82, 2.24) is 19.6 Å². The van der Waals surface area contributed by atoms with Crippen molar-refractivity contribution in [3.8, 4) is 0 Å². The van der Waals surface area contributed by atoms with Gasteiger partial charge in [-0.1, -0.05) is 30.3 Å². The topological polar surface area (TPSA) is 47.7 Å². The number of aryl methyl sites for hydroxylation is 2. The molecule has 3 aromatic rings. The van der Waals surface area contributed by atoms with Gasteiger partial charge in [0.1, 0.15) is 0 Å². The van der Waals surface area contributed by atoms with E-state index >= 15 is 0 Å². The Labute approximate surface area is 124 Å². The molecule has 3 rings (SSSR count). The van der Waals surface area contributed by atoms with E-state index < -0.39 is 0 Å². The van der Waals surface area contributed by atoms with Gasteiger partial charge < -0.3 is 5.32 Å². The van der Waals surface area contributed by atoms with E-state index in [0.717, 1.165) is 24.5 Å². The van der Waals surface area contributed by atoms with Crippen molar-refractivity contribution in [1.29, 1.82) is 0 Å². The highest BCUT2D eigenvalue weighted by atomic mass is 15.3. The second kappa shape index (κ2) is 5.83. The minimum Gasteiger partial charge on any atom is -0.378 e. The molecule has 2 heterocycles. The van der Waals surface area contributed by atoms with Crippen LogP contribution in [0.1, 0.15) is 16.8 Å². The summed E-state index contributed by atoms with van der Waals surface area (Å²) in [4.78, 5) is 0. The highest BCUT2D eigenvalue weighted by Crippen LogP contribution is 2.11. The van der Waals surface area contributed by atoms with E-state index in [1.807, 2.05) is 60.1 Å². The van der Waals surface area contributed by atoms with Crippen LogP contribution >= 0.6 is 0 Å². The predicted molar refractivity (Wildman–Crippen MR) is 83.0 cm³/mol. The van der Waals surface area contributed by atoms with Gasteiger partial charge >= 0.3 is 0 Å². The van der Waals surface area contributed by atoms with Gasteiger partial charge in [0.15, 0.2) is 0 Å². The molecule has 0 fully saturated rings. The van der Waals surface area contributed by atoms with E-state index in [9.17, 15) is 0 Å². The molecule has 5 heteroatoms. The lowest BCUT2D eigenvalue weighted by Crippen LogP contribution is -2.00. The Morgan fingerprint density at radius 2 is 1.95 bits per heavy atom. The maximum atomic E-state index is 4.38. The van der Waals surface area contributed by atoms with Crippen LogP contribution in [0.3, 0.4) is 0 Å². The largest absolute Gasteiger partial charge is 0.378 e. The molecule has 0 atom stereocenters. The van der Waals surface area contributed by atoms with Gasteiger partial charge in [0.2, 0.25) is 0 Å². The van der Waals surface area contributed by atoms with Crippen molar-refractivity contribution >= 4 is 5.69 Å². The molecule has 108 valence electrons. The molecule has 0 saturated carbocycles. The zero-order chi connectivity index (χ0) is 14.7. The van der Waals surface area contributed by atoms with Gasteiger partial charge in [-0.05, 0) is 12.5 Å². The van der Waals surface area contributed by atoms with Crippen LogP contribution in [0.25, 0.3) is 0 Å². The van der Waals surface area contributed by atoms with Gasteiger partial charge in [-0.2, -0.15) is 10.2 Å². The lowest BCUT2D eigenvalue weighted by molar-refractivity contribution is 0.687. The first kappa shape index (κ1) is 13.4. The summed E-state index contributed by atoms with van der Waals surface area (Å²) in [5.74, 6) is 0. The van der Waals surface area contributed by atoms with Gasteiger partial charge in [-0.15, -0.1) is 0 Å². The first-order chi connectivity index (χ1) is 10.2. The third-order valence-electron chi connectivity index (χ3n) is 3.42. The van der Waals surface area contributed by atoms with Crippen molar-refractivity contribution in [3.63, 3.8) is 0 Å². The normalized spacial score (nSPS) is 10.8. The smallest absolute Gasteiger partial charge is 0.0729 e. The molecule has 1 N–H and O–H groups in total. The molecule has 0 aliphatic rings. The van der Waals surface area contributed by atoms with Gasteiger partial charge in [0.05, 0.1) is 24.1 Å². The summed E-state index contributed by atoms with van der Waals surface area (Å²) in [7, 11) is 1.94. The molecule has 2 aromatic heterocycles. The fraction of sp³-hybridized carbons (Fsp3) is 0.250. The monoisotopic (exact) mass is 281 g/mol. The number of nitrogens with zero attached hydrogens (tertiary/aromatic N) is 4. The molecule has 1 aromatic carbocycles. The fourth-order valence-corrected chi connectivity index (χ4v) is 2.33. The Morgan fingerprint density at radius 1 is 1.14 bits per heavy atom. The van der Waals surface area contributed by atoms with Crippen molar-refractivity contribution in [2.75, 3.05) is 5.32 Å². The SMILES string of the molecule is Cc1nn(C)cc1CNc1cnn(Cc2ccccc2)c1. The summed E-state index contributed by atoms with van der Waals surface area (Å²) in [6.07, 6.45) is 5.92. The molecule has 21 heavy (non-hydrogen) atoms. The summed E-state index contributed by atoms with van der Waals surface area (Å²) in [6.45, 7) is 3.57. The van der Waals surface area contributed by atoms with E-state index in [4.69, 9.17) is 0 Å². The first-order valence-electron chi connectivity index (χ1n) is 7.00. The summed E-state index contributed by atoms with van der Waals surface area (Å²) >= 11 is 0. The number of benzene rings is 1. The van der Waals surface area contributed by atoms with Gasteiger partial charge in [-0.3, -0.25) is 9.36 Å². The van der Waals surface area contributed by atoms with Crippen molar-refractivity contribution in [2.24, 2.45) is 7.05 Å². The molecule has 5 nitrogen and oxygen atoms in total. The summed E-state index contributed by atoms with van der Waals surface area (Å²) in [5.41, 5.74) is 4.53. The Morgan fingerprint density at radius 3 is 2.67 bits per heavy atom. The minimum atomic E-state index is 0.761. The Hall–Kier alpha value is -2.56. The van der Waals surface area contributed by atoms with Gasteiger partial charge in [0.25, 0.3) is 0 Å². The molecular weight excluding hydrogens is 262 g/mol. The lowest BCUT2D eigenvalue weighted by Gasteiger charge is -2.02. The van der Waals surface area contributed by atoms with Gasteiger partial charge in [0, 0.05) is 31.5 Å². The summed E-state index contributed by atoms with van der Waals surface area (Å²) < 4.78 is 3.78. The Kier molecular flexibility index (Phi) is 3.73.